The van der Waals surface area contributed by atoms with Gasteiger partial charge in [0.25, 0.3) is 0 Å². The third-order valence-electron chi connectivity index (χ3n) is 4.29. The van der Waals surface area contributed by atoms with Crippen molar-refractivity contribution in [3.05, 3.63) is 76.5 Å². The zero-order valence-electron chi connectivity index (χ0n) is 16.1. The summed E-state index contributed by atoms with van der Waals surface area (Å²) in [5.74, 6) is 1.53. The molecule has 1 heterocycles. The van der Waals surface area contributed by atoms with E-state index in [1.54, 1.807) is 25.6 Å². The summed E-state index contributed by atoms with van der Waals surface area (Å²) in [7, 11) is 3.28. The second-order valence-corrected chi connectivity index (χ2v) is 7.35. The molecule has 1 N–H and O–H groups in total. The predicted octanol–water partition coefficient (Wildman–Crippen LogP) is 4.41. The summed E-state index contributed by atoms with van der Waals surface area (Å²) in [5, 5.41) is 5.00. The van der Waals surface area contributed by atoms with Crippen LogP contribution in [0, 0.1) is 0 Å². The molecule has 0 spiro atoms. The number of benzene rings is 2. The van der Waals surface area contributed by atoms with Gasteiger partial charge in [0.1, 0.15) is 11.5 Å². The number of carbonyl (C=O) groups is 1. The maximum Gasteiger partial charge on any atom is 0.238 e. The zero-order valence-corrected chi connectivity index (χ0v) is 16.9. The molecule has 0 atom stereocenters. The summed E-state index contributed by atoms with van der Waals surface area (Å²) in [6.07, 6.45) is 0. The molecule has 3 aromatic rings. The second-order valence-electron chi connectivity index (χ2n) is 6.31. The fourth-order valence-corrected chi connectivity index (χ4v) is 3.69. The first-order chi connectivity index (χ1) is 13.7. The monoisotopic (exact) mass is 396 g/mol. The number of rotatable bonds is 9. The van der Waals surface area contributed by atoms with Crippen LogP contribution in [0.25, 0.3) is 0 Å². The molecule has 1 aromatic heterocycles. The van der Waals surface area contributed by atoms with E-state index in [-0.39, 0.29) is 12.5 Å². The minimum absolute atomic E-state index is 0.0587. The smallest absolute Gasteiger partial charge is 0.238 e. The number of ether oxygens (including phenoxy) is 2. The van der Waals surface area contributed by atoms with Gasteiger partial charge in [0.05, 0.1) is 20.8 Å². The Morgan fingerprint density at radius 2 is 1.75 bits per heavy atom. The Morgan fingerprint density at radius 3 is 2.43 bits per heavy atom. The summed E-state index contributed by atoms with van der Waals surface area (Å²) in [6.45, 7) is 1.60. The van der Waals surface area contributed by atoms with Crippen molar-refractivity contribution in [2.24, 2.45) is 0 Å². The van der Waals surface area contributed by atoms with Crippen molar-refractivity contribution in [3.8, 4) is 11.5 Å². The van der Waals surface area contributed by atoms with Crippen LogP contribution in [0.2, 0.25) is 0 Å². The van der Waals surface area contributed by atoms with Crippen LogP contribution in [0.1, 0.15) is 10.4 Å². The van der Waals surface area contributed by atoms with Crippen molar-refractivity contribution in [2.45, 2.75) is 13.1 Å². The van der Waals surface area contributed by atoms with Crippen LogP contribution >= 0.6 is 11.3 Å². The van der Waals surface area contributed by atoms with E-state index < -0.39 is 0 Å². The number of nitrogens with zero attached hydrogens (tertiary/aromatic N) is 1. The van der Waals surface area contributed by atoms with E-state index in [9.17, 15) is 4.79 Å². The maximum absolute atomic E-state index is 12.6. The Kier molecular flexibility index (Phi) is 7.06. The van der Waals surface area contributed by atoms with Gasteiger partial charge >= 0.3 is 0 Å². The topological polar surface area (TPSA) is 50.8 Å². The number of anilines is 1. The molecule has 0 aliphatic heterocycles. The SMILES string of the molecule is COc1ccc(NC(=O)CN(Cc2cccs2)Cc2ccccc2OC)cc1. The minimum Gasteiger partial charge on any atom is -0.497 e. The summed E-state index contributed by atoms with van der Waals surface area (Å²) >= 11 is 1.69. The minimum atomic E-state index is -0.0587. The average molecular weight is 397 g/mol. The number of methoxy groups -OCH3 is 2. The highest BCUT2D eigenvalue weighted by Gasteiger charge is 2.15. The molecule has 28 heavy (non-hydrogen) atoms. The molecule has 0 bridgehead atoms. The number of thiophene rings is 1. The van der Waals surface area contributed by atoms with Crippen LogP contribution in [0.4, 0.5) is 5.69 Å². The second kappa shape index (κ2) is 9.92. The fraction of sp³-hybridized carbons (Fsp3) is 0.227. The molecule has 0 saturated heterocycles. The lowest BCUT2D eigenvalue weighted by Gasteiger charge is -2.22. The Hall–Kier alpha value is -2.83. The molecule has 0 radical (unpaired) electrons. The van der Waals surface area contributed by atoms with Gasteiger partial charge in [-0.3, -0.25) is 9.69 Å². The highest BCUT2D eigenvalue weighted by atomic mass is 32.1. The summed E-state index contributed by atoms with van der Waals surface area (Å²) in [4.78, 5) is 16.0. The average Bonchev–Trinajstić information content (AvgIpc) is 3.22. The Bertz CT molecular complexity index is 879. The van der Waals surface area contributed by atoms with Gasteiger partial charge in [-0.15, -0.1) is 11.3 Å². The molecule has 0 saturated carbocycles. The van der Waals surface area contributed by atoms with Gasteiger partial charge in [-0.1, -0.05) is 24.3 Å². The van der Waals surface area contributed by atoms with Crippen LogP contribution in [-0.2, 0) is 17.9 Å². The van der Waals surface area contributed by atoms with E-state index in [0.717, 1.165) is 22.7 Å². The van der Waals surface area contributed by atoms with Gasteiger partial charge in [-0.25, -0.2) is 0 Å². The van der Waals surface area contributed by atoms with E-state index >= 15 is 0 Å². The van der Waals surface area contributed by atoms with Gasteiger partial charge < -0.3 is 14.8 Å². The molecule has 5 nitrogen and oxygen atoms in total. The molecule has 6 heteroatoms. The first-order valence-corrected chi connectivity index (χ1v) is 9.86. The van der Waals surface area contributed by atoms with Crippen LogP contribution in [0.5, 0.6) is 11.5 Å². The van der Waals surface area contributed by atoms with Crippen molar-refractivity contribution in [3.63, 3.8) is 0 Å². The normalized spacial score (nSPS) is 10.7. The molecule has 0 aliphatic rings. The van der Waals surface area contributed by atoms with Crippen LogP contribution < -0.4 is 14.8 Å². The molecular formula is C22H24N2O3S. The zero-order chi connectivity index (χ0) is 19.8. The number of nitrogens with one attached hydrogen (secondary N) is 1. The van der Waals surface area contributed by atoms with Crippen molar-refractivity contribution in [1.82, 2.24) is 4.90 Å². The molecule has 0 fully saturated rings. The van der Waals surface area contributed by atoms with E-state index in [4.69, 9.17) is 9.47 Å². The highest BCUT2D eigenvalue weighted by molar-refractivity contribution is 7.09. The third kappa shape index (κ3) is 5.58. The first-order valence-electron chi connectivity index (χ1n) is 8.98. The number of hydrogen-bond acceptors (Lipinski definition) is 5. The van der Waals surface area contributed by atoms with Gasteiger partial charge in [0, 0.05) is 29.2 Å². The molecule has 2 aromatic carbocycles. The van der Waals surface area contributed by atoms with Crippen molar-refractivity contribution in [2.75, 3.05) is 26.1 Å². The Morgan fingerprint density at radius 1 is 0.964 bits per heavy atom. The molecule has 146 valence electrons. The number of hydrogen-bond donors (Lipinski definition) is 1. The summed E-state index contributed by atoms with van der Waals surface area (Å²) in [5.41, 5.74) is 1.80. The highest BCUT2D eigenvalue weighted by Crippen LogP contribution is 2.21. The van der Waals surface area contributed by atoms with Crippen molar-refractivity contribution >= 4 is 22.9 Å². The van der Waals surface area contributed by atoms with E-state index in [1.165, 1.54) is 4.88 Å². The fourth-order valence-electron chi connectivity index (χ4n) is 2.94. The van der Waals surface area contributed by atoms with Crippen molar-refractivity contribution < 1.29 is 14.3 Å². The molecule has 1 amide bonds. The van der Waals surface area contributed by atoms with Crippen LogP contribution in [-0.4, -0.2) is 31.6 Å². The van der Waals surface area contributed by atoms with Gasteiger partial charge in [0.2, 0.25) is 5.91 Å². The molecule has 0 aliphatic carbocycles. The van der Waals surface area contributed by atoms with Crippen molar-refractivity contribution in [1.29, 1.82) is 0 Å². The van der Waals surface area contributed by atoms with E-state index in [2.05, 4.69) is 16.3 Å². The van der Waals surface area contributed by atoms with Gasteiger partial charge in [0.15, 0.2) is 0 Å². The van der Waals surface area contributed by atoms with Gasteiger partial charge in [-0.2, -0.15) is 0 Å². The summed E-state index contributed by atoms with van der Waals surface area (Å²) < 4.78 is 10.6. The van der Waals surface area contributed by atoms with E-state index in [0.29, 0.717) is 13.1 Å². The maximum atomic E-state index is 12.6. The van der Waals surface area contributed by atoms with Crippen LogP contribution in [0.15, 0.2) is 66.0 Å². The third-order valence-corrected chi connectivity index (χ3v) is 5.15. The Balaban J connectivity index is 1.69. The Labute approximate surface area is 169 Å². The summed E-state index contributed by atoms with van der Waals surface area (Å²) in [6, 6.07) is 19.3. The quantitative estimate of drug-likeness (QED) is 0.582. The molecule has 0 unspecified atom stereocenters. The molecule has 3 rings (SSSR count). The van der Waals surface area contributed by atoms with Gasteiger partial charge in [-0.05, 0) is 41.8 Å². The lowest BCUT2D eigenvalue weighted by atomic mass is 10.2. The van der Waals surface area contributed by atoms with E-state index in [1.807, 2.05) is 60.0 Å². The lowest BCUT2D eigenvalue weighted by molar-refractivity contribution is -0.117. The van der Waals surface area contributed by atoms with Crippen LogP contribution in [0.3, 0.4) is 0 Å². The predicted molar refractivity (Wildman–Crippen MR) is 113 cm³/mol. The lowest BCUT2D eigenvalue weighted by Crippen LogP contribution is -2.32. The molecular weight excluding hydrogens is 372 g/mol. The number of carbonyl (C=O) groups excluding carboxylic acids is 1. The number of para-hydroxylation sites is 1. The largest absolute Gasteiger partial charge is 0.497 e. The number of amides is 1. The standard InChI is InChI=1S/C22H24N2O3S/c1-26-19-11-9-18(10-12-19)23-22(25)16-24(15-20-7-5-13-28-20)14-17-6-3-4-8-21(17)27-2/h3-13H,14-16H2,1-2H3,(H,23,25). The first kappa shape index (κ1) is 19.9.